The van der Waals surface area contributed by atoms with Crippen molar-refractivity contribution in [2.24, 2.45) is 7.05 Å². The van der Waals surface area contributed by atoms with Crippen LogP contribution in [0.1, 0.15) is 67.6 Å². The summed E-state index contributed by atoms with van der Waals surface area (Å²) in [6.07, 6.45) is 1.78. The van der Waals surface area contributed by atoms with E-state index in [1.54, 1.807) is 46.6 Å². The number of halogens is 3. The van der Waals surface area contributed by atoms with Crippen molar-refractivity contribution in [1.29, 1.82) is 0 Å². The Bertz CT molecular complexity index is 1750. The van der Waals surface area contributed by atoms with Gasteiger partial charge in [-0.2, -0.15) is 13.2 Å². The van der Waals surface area contributed by atoms with Crippen LogP contribution < -0.4 is 5.32 Å². The lowest BCUT2D eigenvalue weighted by Gasteiger charge is -2.16. The molecule has 43 heavy (non-hydrogen) atoms. The second-order valence-corrected chi connectivity index (χ2v) is 11.0. The van der Waals surface area contributed by atoms with E-state index in [-0.39, 0.29) is 41.2 Å². The summed E-state index contributed by atoms with van der Waals surface area (Å²) < 4.78 is 44.8. The van der Waals surface area contributed by atoms with Crippen molar-refractivity contribution in [3.05, 3.63) is 100 Å². The maximum atomic E-state index is 13.9. The van der Waals surface area contributed by atoms with E-state index in [0.29, 0.717) is 29.2 Å². The molecule has 2 aromatic carbocycles. The summed E-state index contributed by atoms with van der Waals surface area (Å²) in [6.45, 7) is 2.28. The van der Waals surface area contributed by atoms with Gasteiger partial charge in [-0.25, -0.2) is 9.97 Å². The Morgan fingerprint density at radius 2 is 1.86 bits per heavy atom. The predicted octanol–water partition coefficient (Wildman–Crippen LogP) is 4.71. The van der Waals surface area contributed by atoms with Crippen LogP contribution in [0.15, 0.2) is 55.0 Å². The number of alkyl halides is 3. The van der Waals surface area contributed by atoms with Crippen molar-refractivity contribution in [2.75, 3.05) is 14.1 Å². The summed E-state index contributed by atoms with van der Waals surface area (Å²) >= 11 is 0. The molecule has 0 saturated heterocycles. The van der Waals surface area contributed by atoms with E-state index in [9.17, 15) is 22.8 Å². The maximum Gasteiger partial charge on any atom is 0.416 e. The van der Waals surface area contributed by atoms with Crippen molar-refractivity contribution in [1.82, 2.24) is 29.3 Å². The number of nitrogens with zero attached hydrogens (tertiary/aromatic N) is 5. The van der Waals surface area contributed by atoms with Crippen LogP contribution in [0.2, 0.25) is 0 Å². The number of carbonyl (C=O) groups is 2. The first kappa shape index (κ1) is 29.8. The van der Waals surface area contributed by atoms with Crippen molar-refractivity contribution in [2.45, 2.75) is 44.9 Å². The fourth-order valence-corrected chi connectivity index (χ4v) is 4.61. The molecule has 0 spiro atoms. The summed E-state index contributed by atoms with van der Waals surface area (Å²) in [5, 5.41) is 2.90. The molecule has 1 N–H and O–H groups in total. The molecule has 0 atom stereocenters. The van der Waals surface area contributed by atoms with Crippen LogP contribution >= 0.6 is 0 Å². The Hall–Kier alpha value is -4.69. The molecular weight excluding hydrogens is 557 g/mol. The SMILES string of the molecule is Cc1ccc(C(=O)Cc2cc(-n3ccnc3CN(C)C)cc(C(F)(F)F)c2)cc1C#Cc1cnc(C(=O)NC2CC2)n1C. The van der Waals surface area contributed by atoms with Crippen LogP contribution in [0.3, 0.4) is 0 Å². The number of nitrogens with one attached hydrogen (secondary N) is 1. The number of rotatable bonds is 8. The van der Waals surface area contributed by atoms with E-state index in [4.69, 9.17) is 0 Å². The van der Waals surface area contributed by atoms with Gasteiger partial charge in [-0.05, 0) is 75.2 Å². The lowest BCUT2D eigenvalue weighted by molar-refractivity contribution is -0.137. The van der Waals surface area contributed by atoms with Gasteiger partial charge in [-0.15, -0.1) is 0 Å². The van der Waals surface area contributed by atoms with Crippen molar-refractivity contribution in [3.8, 4) is 17.5 Å². The van der Waals surface area contributed by atoms with E-state index >= 15 is 0 Å². The Balaban J connectivity index is 1.40. The Morgan fingerprint density at radius 3 is 2.56 bits per heavy atom. The van der Waals surface area contributed by atoms with Gasteiger partial charge in [0.2, 0.25) is 0 Å². The van der Waals surface area contributed by atoms with Gasteiger partial charge < -0.3 is 19.4 Å². The molecule has 0 bridgehead atoms. The summed E-state index contributed by atoms with van der Waals surface area (Å²) in [5.41, 5.74) is 1.96. The number of ketones is 1. The highest BCUT2D eigenvalue weighted by Gasteiger charge is 2.32. The Morgan fingerprint density at radius 1 is 1.09 bits per heavy atom. The van der Waals surface area contributed by atoms with Gasteiger partial charge in [0.15, 0.2) is 11.6 Å². The largest absolute Gasteiger partial charge is 0.416 e. The normalized spacial score (nSPS) is 13.1. The summed E-state index contributed by atoms with van der Waals surface area (Å²) in [4.78, 5) is 36.1. The molecule has 4 aromatic rings. The number of hydrogen-bond donors (Lipinski definition) is 1. The van der Waals surface area contributed by atoms with Gasteiger partial charge in [-0.1, -0.05) is 18.1 Å². The van der Waals surface area contributed by atoms with Gasteiger partial charge >= 0.3 is 6.18 Å². The molecule has 1 amide bonds. The van der Waals surface area contributed by atoms with Gasteiger partial charge in [0.05, 0.1) is 18.3 Å². The molecular formula is C32H31F3N6O2. The smallest absolute Gasteiger partial charge is 0.347 e. The van der Waals surface area contributed by atoms with Crippen LogP contribution in [0.5, 0.6) is 0 Å². The predicted molar refractivity (Wildman–Crippen MR) is 155 cm³/mol. The van der Waals surface area contributed by atoms with Crippen LogP contribution in [0, 0.1) is 18.8 Å². The average Bonchev–Trinajstić information content (AvgIpc) is 3.50. The first-order chi connectivity index (χ1) is 20.4. The van der Waals surface area contributed by atoms with Crippen molar-refractivity contribution >= 4 is 11.7 Å². The minimum absolute atomic E-state index is 0.204. The monoisotopic (exact) mass is 588 g/mol. The number of aromatic nitrogens is 4. The zero-order chi connectivity index (χ0) is 30.9. The van der Waals surface area contributed by atoms with E-state index in [0.717, 1.165) is 30.5 Å². The highest BCUT2D eigenvalue weighted by molar-refractivity contribution is 5.98. The number of hydrogen-bond acceptors (Lipinski definition) is 5. The molecule has 1 fully saturated rings. The topological polar surface area (TPSA) is 85.1 Å². The molecule has 5 rings (SSSR count). The maximum absolute atomic E-state index is 13.9. The zero-order valence-corrected chi connectivity index (χ0v) is 24.3. The number of amides is 1. The summed E-state index contributed by atoms with van der Waals surface area (Å²) in [7, 11) is 5.40. The third-order valence-electron chi connectivity index (χ3n) is 7.11. The van der Waals surface area contributed by atoms with Crippen LogP contribution in [0.25, 0.3) is 5.69 Å². The van der Waals surface area contributed by atoms with Gasteiger partial charge in [0.1, 0.15) is 11.5 Å². The highest BCUT2D eigenvalue weighted by atomic mass is 19.4. The van der Waals surface area contributed by atoms with Crippen molar-refractivity contribution in [3.63, 3.8) is 0 Å². The number of benzene rings is 2. The second-order valence-electron chi connectivity index (χ2n) is 11.0. The first-order valence-corrected chi connectivity index (χ1v) is 13.8. The zero-order valence-electron chi connectivity index (χ0n) is 24.3. The third kappa shape index (κ3) is 7.04. The molecule has 0 radical (unpaired) electrons. The number of carbonyl (C=O) groups excluding carboxylic acids is 2. The van der Waals surface area contributed by atoms with E-state index in [1.165, 1.54) is 12.4 Å². The molecule has 1 aliphatic carbocycles. The molecule has 0 unspecified atom stereocenters. The molecule has 2 heterocycles. The fourth-order valence-electron chi connectivity index (χ4n) is 4.61. The van der Waals surface area contributed by atoms with Gasteiger partial charge in [-0.3, -0.25) is 9.59 Å². The van der Waals surface area contributed by atoms with Crippen LogP contribution in [-0.2, 0) is 26.2 Å². The Labute approximate surface area is 247 Å². The molecule has 11 heteroatoms. The Kier molecular flexibility index (Phi) is 8.24. The van der Waals surface area contributed by atoms with E-state index in [1.807, 2.05) is 25.9 Å². The number of imidazole rings is 2. The fraction of sp³-hybridized carbons (Fsp3) is 0.312. The molecule has 2 aromatic heterocycles. The quantitative estimate of drug-likeness (QED) is 0.238. The lowest BCUT2D eigenvalue weighted by atomic mass is 9.97. The van der Waals surface area contributed by atoms with Crippen LogP contribution in [0.4, 0.5) is 13.2 Å². The third-order valence-corrected chi connectivity index (χ3v) is 7.11. The average molecular weight is 589 g/mol. The van der Waals surface area contributed by atoms with Gasteiger partial charge in [0, 0.05) is 48.7 Å². The lowest BCUT2D eigenvalue weighted by Crippen LogP contribution is -2.28. The van der Waals surface area contributed by atoms with Crippen LogP contribution in [-0.4, -0.2) is 55.8 Å². The standard InChI is InChI=1S/C32H31F3N6O2/c1-20-5-6-23(16-22(20)7-10-26-18-37-30(40(26)4)31(43)38-25-8-9-25)28(42)15-21-13-24(32(33,34)35)17-27(14-21)41-12-11-36-29(41)19-39(2)3/h5-6,11-14,16-18,25H,8-9,15,19H2,1-4H3,(H,38,43). The molecule has 1 saturated carbocycles. The first-order valence-electron chi connectivity index (χ1n) is 13.8. The molecule has 222 valence electrons. The van der Waals surface area contributed by atoms with Gasteiger partial charge in [0.25, 0.3) is 5.91 Å². The highest BCUT2D eigenvalue weighted by Crippen LogP contribution is 2.32. The minimum Gasteiger partial charge on any atom is -0.347 e. The van der Waals surface area contributed by atoms with Crippen molar-refractivity contribution < 1.29 is 22.8 Å². The summed E-state index contributed by atoms with van der Waals surface area (Å²) in [5.74, 6) is 6.33. The van der Waals surface area contributed by atoms with E-state index < -0.39 is 11.7 Å². The molecule has 1 aliphatic rings. The molecule has 8 nitrogen and oxygen atoms in total. The second kappa shape index (κ2) is 11.9. The number of Topliss-reactive ketones (excluding diaryl/α,β-unsaturated/α-hetero) is 1. The number of aryl methyl sites for hydroxylation is 1. The molecule has 0 aliphatic heterocycles. The van der Waals surface area contributed by atoms with E-state index in [2.05, 4.69) is 27.1 Å². The minimum atomic E-state index is -4.59. The summed E-state index contributed by atoms with van der Waals surface area (Å²) in [6, 6.07) is 8.91.